The molecule has 5 rings (SSSR count). The van der Waals surface area contributed by atoms with E-state index in [1.165, 1.54) is 11.8 Å². The van der Waals surface area contributed by atoms with Crippen molar-refractivity contribution in [1.82, 2.24) is 14.9 Å². The van der Waals surface area contributed by atoms with E-state index in [1.807, 2.05) is 38.1 Å². The number of hydrogen-bond acceptors (Lipinski definition) is 8. The van der Waals surface area contributed by atoms with Gasteiger partial charge in [0.1, 0.15) is 11.3 Å². The molecule has 42 heavy (non-hydrogen) atoms. The highest BCUT2D eigenvalue weighted by atomic mass is 79.9. The summed E-state index contributed by atoms with van der Waals surface area (Å²) in [6, 6.07) is 22.1. The minimum atomic E-state index is -0.525. The van der Waals surface area contributed by atoms with Gasteiger partial charge in [0.05, 0.1) is 24.4 Å². The predicted molar refractivity (Wildman–Crippen MR) is 166 cm³/mol. The fraction of sp³-hybridized carbons (Fsp3) is 0.273. The van der Waals surface area contributed by atoms with E-state index in [4.69, 9.17) is 19.7 Å². The average Bonchev–Trinajstić information content (AvgIpc) is 3.00. The fourth-order valence-corrected chi connectivity index (χ4v) is 5.27. The molecule has 2 heterocycles. The maximum atomic E-state index is 12.8. The number of benzene rings is 3. The van der Waals surface area contributed by atoms with E-state index >= 15 is 0 Å². The van der Waals surface area contributed by atoms with Gasteiger partial charge >= 0.3 is 5.97 Å². The van der Waals surface area contributed by atoms with Crippen LogP contribution in [-0.2, 0) is 11.3 Å². The van der Waals surface area contributed by atoms with Crippen LogP contribution < -0.4 is 9.64 Å². The number of nitriles is 1. The molecule has 1 aromatic heterocycles. The van der Waals surface area contributed by atoms with Gasteiger partial charge in [-0.1, -0.05) is 40.2 Å². The van der Waals surface area contributed by atoms with Crippen LogP contribution in [0.25, 0.3) is 11.1 Å². The average molecular weight is 627 g/mol. The third-order valence-electron chi connectivity index (χ3n) is 7.22. The molecule has 0 aliphatic carbocycles. The molecule has 0 spiro atoms. The van der Waals surface area contributed by atoms with Gasteiger partial charge in [-0.25, -0.2) is 9.78 Å². The molecule has 214 valence electrons. The lowest BCUT2D eigenvalue weighted by Crippen LogP contribution is -2.46. The monoisotopic (exact) mass is 625 g/mol. The second-order valence-electron chi connectivity index (χ2n) is 10.2. The van der Waals surface area contributed by atoms with Crippen LogP contribution >= 0.6 is 15.9 Å². The molecule has 1 fully saturated rings. The summed E-state index contributed by atoms with van der Waals surface area (Å²) in [7, 11) is 0. The number of carbonyl (C=O) groups excluding carboxylic acids is 1. The lowest BCUT2D eigenvalue weighted by molar-refractivity contribution is 0.0522. The summed E-state index contributed by atoms with van der Waals surface area (Å²) in [5, 5.41) is 9.12. The van der Waals surface area contributed by atoms with Gasteiger partial charge in [-0.3, -0.25) is 4.90 Å². The van der Waals surface area contributed by atoms with Crippen molar-refractivity contribution in [1.29, 1.82) is 5.26 Å². The van der Waals surface area contributed by atoms with E-state index in [2.05, 4.69) is 61.0 Å². The SMILES string of the molecule is CCOC(=O)c1cnc(N2CCN(Cc3ccc(Br)cc3)CC2)nc1Oc1c(C)cc(-c2ccc(C#N)cc2)cc1C. The Morgan fingerprint density at radius 1 is 0.976 bits per heavy atom. The lowest BCUT2D eigenvalue weighted by atomic mass is 9.99. The molecule has 0 unspecified atom stereocenters. The number of carbonyl (C=O) groups is 1. The molecule has 0 saturated carbocycles. The van der Waals surface area contributed by atoms with Gasteiger partial charge in [0.25, 0.3) is 0 Å². The van der Waals surface area contributed by atoms with E-state index in [9.17, 15) is 4.79 Å². The molecular formula is C33H32BrN5O3. The Bertz CT molecular complexity index is 1590. The van der Waals surface area contributed by atoms with E-state index in [0.29, 0.717) is 17.3 Å². The topological polar surface area (TPSA) is 91.6 Å². The van der Waals surface area contributed by atoms with Crippen molar-refractivity contribution < 1.29 is 14.3 Å². The zero-order chi connectivity index (χ0) is 29.6. The number of ether oxygens (including phenoxy) is 2. The standard InChI is InChI=1S/C33H32BrN5O3/c1-4-41-32(40)29-20-36-33(39-15-13-38(14-16-39)21-25-7-11-28(34)12-8-25)37-31(29)42-30-22(2)17-27(18-23(30)3)26-9-5-24(19-35)6-10-26/h5-12,17-18,20H,4,13-16,21H2,1-3H3. The van der Waals surface area contributed by atoms with Gasteiger partial charge in [-0.15, -0.1) is 0 Å². The first-order chi connectivity index (χ1) is 20.3. The first kappa shape index (κ1) is 29.2. The largest absolute Gasteiger partial charge is 0.462 e. The minimum Gasteiger partial charge on any atom is -0.462 e. The smallest absolute Gasteiger partial charge is 0.345 e. The normalized spacial score (nSPS) is 13.5. The first-order valence-corrected chi connectivity index (χ1v) is 14.7. The van der Waals surface area contributed by atoms with E-state index < -0.39 is 5.97 Å². The van der Waals surface area contributed by atoms with Crippen molar-refractivity contribution in [3.05, 3.63) is 99.2 Å². The Hall–Kier alpha value is -4.26. The van der Waals surface area contributed by atoms with E-state index in [-0.39, 0.29) is 18.1 Å². The van der Waals surface area contributed by atoms with Crippen molar-refractivity contribution in [3.8, 4) is 28.8 Å². The molecule has 0 N–H and O–H groups in total. The van der Waals surface area contributed by atoms with Crippen molar-refractivity contribution in [2.75, 3.05) is 37.7 Å². The Morgan fingerprint density at radius 3 is 2.26 bits per heavy atom. The Balaban J connectivity index is 1.37. The van der Waals surface area contributed by atoms with Crippen molar-refractivity contribution in [2.45, 2.75) is 27.3 Å². The molecule has 0 radical (unpaired) electrons. The van der Waals surface area contributed by atoms with Crippen LogP contribution in [0.2, 0.25) is 0 Å². The van der Waals surface area contributed by atoms with Crippen LogP contribution in [0.3, 0.4) is 0 Å². The molecule has 8 nitrogen and oxygen atoms in total. The third kappa shape index (κ3) is 6.78. The maximum Gasteiger partial charge on any atom is 0.345 e. The third-order valence-corrected chi connectivity index (χ3v) is 7.75. The number of rotatable bonds is 8. The minimum absolute atomic E-state index is 0.174. The molecule has 3 aromatic carbocycles. The van der Waals surface area contributed by atoms with Crippen molar-refractivity contribution >= 4 is 27.8 Å². The number of esters is 1. The molecule has 0 bridgehead atoms. The Labute approximate surface area is 254 Å². The zero-order valence-electron chi connectivity index (χ0n) is 23.9. The van der Waals surface area contributed by atoms with Gasteiger partial charge < -0.3 is 14.4 Å². The number of aryl methyl sites for hydroxylation is 2. The molecule has 1 aliphatic heterocycles. The van der Waals surface area contributed by atoms with Crippen LogP contribution in [0.15, 0.2) is 71.3 Å². The summed E-state index contributed by atoms with van der Waals surface area (Å²) in [5.74, 6) is 0.795. The Kier molecular flexibility index (Phi) is 9.15. The molecular weight excluding hydrogens is 594 g/mol. The number of nitrogens with zero attached hydrogens (tertiary/aromatic N) is 5. The highest BCUT2D eigenvalue weighted by Gasteiger charge is 2.24. The van der Waals surface area contributed by atoms with Crippen LogP contribution in [-0.4, -0.2) is 53.6 Å². The molecule has 0 amide bonds. The number of halogens is 1. The van der Waals surface area contributed by atoms with Crippen LogP contribution in [0.4, 0.5) is 5.95 Å². The summed E-state index contributed by atoms with van der Waals surface area (Å²) >= 11 is 3.50. The second kappa shape index (κ2) is 13.1. The summed E-state index contributed by atoms with van der Waals surface area (Å²) < 4.78 is 12.7. The van der Waals surface area contributed by atoms with Gasteiger partial charge in [0, 0.05) is 37.2 Å². The number of piperazine rings is 1. The summed E-state index contributed by atoms with van der Waals surface area (Å²) in [6.07, 6.45) is 1.50. The van der Waals surface area contributed by atoms with Crippen LogP contribution in [0.5, 0.6) is 11.6 Å². The first-order valence-electron chi connectivity index (χ1n) is 13.9. The summed E-state index contributed by atoms with van der Waals surface area (Å²) in [5.41, 5.74) is 5.87. The number of aromatic nitrogens is 2. The quantitative estimate of drug-likeness (QED) is 0.200. The highest BCUT2D eigenvalue weighted by molar-refractivity contribution is 9.10. The summed E-state index contributed by atoms with van der Waals surface area (Å²) in [4.78, 5) is 26.6. The zero-order valence-corrected chi connectivity index (χ0v) is 25.5. The Morgan fingerprint density at radius 2 is 1.64 bits per heavy atom. The lowest BCUT2D eigenvalue weighted by Gasteiger charge is -2.34. The van der Waals surface area contributed by atoms with Gasteiger partial charge in [-0.05, 0) is 85.0 Å². The fourth-order valence-electron chi connectivity index (χ4n) is 5.00. The van der Waals surface area contributed by atoms with Gasteiger partial charge in [0.15, 0.2) is 0 Å². The van der Waals surface area contributed by atoms with Gasteiger partial charge in [-0.2, -0.15) is 10.2 Å². The number of hydrogen-bond donors (Lipinski definition) is 0. The molecule has 1 saturated heterocycles. The highest BCUT2D eigenvalue weighted by Crippen LogP contribution is 2.35. The second-order valence-corrected chi connectivity index (χ2v) is 11.1. The molecule has 1 aliphatic rings. The van der Waals surface area contributed by atoms with Crippen LogP contribution in [0, 0.1) is 25.2 Å². The summed E-state index contributed by atoms with van der Waals surface area (Å²) in [6.45, 7) is 10.1. The van der Waals surface area contributed by atoms with Crippen LogP contribution in [0.1, 0.15) is 39.5 Å². The molecule has 9 heteroatoms. The van der Waals surface area contributed by atoms with Gasteiger partial charge in [0.2, 0.25) is 11.8 Å². The van der Waals surface area contributed by atoms with Crippen molar-refractivity contribution in [3.63, 3.8) is 0 Å². The molecule has 0 atom stereocenters. The predicted octanol–water partition coefficient (Wildman–Crippen LogP) is 6.69. The number of anilines is 1. The van der Waals surface area contributed by atoms with E-state index in [0.717, 1.165) is 59.5 Å². The van der Waals surface area contributed by atoms with E-state index in [1.54, 1.807) is 19.1 Å². The maximum absolute atomic E-state index is 12.8. The molecule has 4 aromatic rings. The van der Waals surface area contributed by atoms with Crippen molar-refractivity contribution in [2.24, 2.45) is 0 Å².